The number of amides is 1. The lowest BCUT2D eigenvalue weighted by molar-refractivity contribution is -0.122. The van der Waals surface area contributed by atoms with Crippen molar-refractivity contribution in [1.29, 1.82) is 0 Å². The molecule has 0 heterocycles. The van der Waals surface area contributed by atoms with Crippen LogP contribution in [-0.2, 0) is 4.79 Å². The molecule has 3 rings (SSSR count). The third-order valence-electron chi connectivity index (χ3n) is 4.42. The van der Waals surface area contributed by atoms with Gasteiger partial charge in [-0.25, -0.2) is 0 Å². The summed E-state index contributed by atoms with van der Waals surface area (Å²) in [6.45, 7) is 4.81. The van der Waals surface area contributed by atoms with Crippen LogP contribution in [0.5, 0.6) is 17.2 Å². The van der Waals surface area contributed by atoms with E-state index in [4.69, 9.17) is 14.2 Å². The number of carbonyl (C=O) groups excluding carboxylic acids is 1. The first-order valence-corrected chi connectivity index (χ1v) is 10.1. The number of ether oxygens (including phenoxy) is 3. The number of aryl methyl sites for hydroxylation is 1. The maximum Gasteiger partial charge on any atom is 0.265 e. The standard InChI is InChI=1S/C25H27NO4/c1-3-24(30-23-11-7-8-19(2)18-23)25(27)26-20-12-14-22(15-13-20)29-17-16-28-21-9-5-4-6-10-21/h4-15,18,24H,3,16-17H2,1-2H3,(H,26,27)/t24-/m0/s1. The van der Waals surface area contributed by atoms with E-state index in [2.05, 4.69) is 5.32 Å². The maximum atomic E-state index is 12.6. The lowest BCUT2D eigenvalue weighted by Crippen LogP contribution is -2.32. The Morgan fingerprint density at radius 2 is 1.47 bits per heavy atom. The van der Waals surface area contributed by atoms with E-state index in [0.717, 1.165) is 11.3 Å². The fraction of sp³-hybridized carbons (Fsp3) is 0.240. The zero-order valence-electron chi connectivity index (χ0n) is 17.3. The van der Waals surface area contributed by atoms with E-state index in [1.165, 1.54) is 0 Å². The molecule has 0 radical (unpaired) electrons. The van der Waals surface area contributed by atoms with Crippen molar-refractivity contribution in [2.75, 3.05) is 18.5 Å². The summed E-state index contributed by atoms with van der Waals surface area (Å²) in [6, 6.07) is 24.6. The number of rotatable bonds is 10. The molecule has 0 aromatic heterocycles. The largest absolute Gasteiger partial charge is 0.490 e. The second kappa shape index (κ2) is 10.9. The minimum absolute atomic E-state index is 0.177. The number of nitrogens with one attached hydrogen (secondary N) is 1. The van der Waals surface area contributed by atoms with Crippen molar-refractivity contribution in [2.45, 2.75) is 26.4 Å². The van der Waals surface area contributed by atoms with Crippen molar-refractivity contribution in [1.82, 2.24) is 0 Å². The van der Waals surface area contributed by atoms with Crippen LogP contribution < -0.4 is 19.5 Å². The second-order valence-electron chi connectivity index (χ2n) is 6.85. The summed E-state index contributed by atoms with van der Waals surface area (Å²) in [7, 11) is 0. The van der Waals surface area contributed by atoms with Gasteiger partial charge in [0.2, 0.25) is 0 Å². The van der Waals surface area contributed by atoms with E-state index in [1.807, 2.05) is 92.7 Å². The van der Waals surface area contributed by atoms with Gasteiger partial charge in [-0.15, -0.1) is 0 Å². The molecule has 0 saturated heterocycles. The monoisotopic (exact) mass is 405 g/mol. The summed E-state index contributed by atoms with van der Waals surface area (Å²) >= 11 is 0. The Balaban J connectivity index is 1.46. The van der Waals surface area contributed by atoms with Crippen LogP contribution in [0, 0.1) is 6.92 Å². The average Bonchev–Trinajstić information content (AvgIpc) is 2.77. The van der Waals surface area contributed by atoms with Gasteiger partial charge in [0.05, 0.1) is 0 Å². The first-order chi connectivity index (χ1) is 14.6. The molecular weight excluding hydrogens is 378 g/mol. The molecular formula is C25H27NO4. The quantitative estimate of drug-likeness (QED) is 0.468. The maximum absolute atomic E-state index is 12.6. The molecule has 3 aromatic rings. The predicted molar refractivity (Wildman–Crippen MR) is 118 cm³/mol. The third kappa shape index (κ3) is 6.55. The van der Waals surface area contributed by atoms with E-state index in [-0.39, 0.29) is 5.91 Å². The van der Waals surface area contributed by atoms with Crippen LogP contribution in [0.1, 0.15) is 18.9 Å². The van der Waals surface area contributed by atoms with Gasteiger partial charge in [-0.1, -0.05) is 37.3 Å². The number of hydrogen-bond acceptors (Lipinski definition) is 4. The van der Waals surface area contributed by atoms with E-state index >= 15 is 0 Å². The molecule has 0 saturated carbocycles. The third-order valence-corrected chi connectivity index (χ3v) is 4.42. The summed E-state index contributed by atoms with van der Waals surface area (Å²) in [5.41, 5.74) is 1.78. The van der Waals surface area contributed by atoms with E-state index < -0.39 is 6.10 Å². The van der Waals surface area contributed by atoms with Crippen molar-refractivity contribution in [3.8, 4) is 17.2 Å². The van der Waals surface area contributed by atoms with Gasteiger partial charge >= 0.3 is 0 Å². The van der Waals surface area contributed by atoms with Crippen LogP contribution in [0.4, 0.5) is 5.69 Å². The molecule has 5 nitrogen and oxygen atoms in total. The van der Waals surface area contributed by atoms with Crippen LogP contribution in [0.3, 0.4) is 0 Å². The Bertz CT molecular complexity index is 925. The number of benzene rings is 3. The zero-order valence-corrected chi connectivity index (χ0v) is 17.3. The molecule has 0 aliphatic rings. The molecule has 0 unspecified atom stereocenters. The van der Waals surface area contributed by atoms with Crippen LogP contribution in [0.2, 0.25) is 0 Å². The second-order valence-corrected chi connectivity index (χ2v) is 6.85. The molecule has 5 heteroatoms. The molecule has 1 atom stereocenters. The Morgan fingerprint density at radius 1 is 0.833 bits per heavy atom. The number of anilines is 1. The summed E-state index contributed by atoms with van der Waals surface area (Å²) in [6.07, 6.45) is 0.0143. The van der Waals surface area contributed by atoms with Gasteiger partial charge in [0.1, 0.15) is 30.5 Å². The highest BCUT2D eigenvalue weighted by atomic mass is 16.5. The number of hydrogen-bond donors (Lipinski definition) is 1. The van der Waals surface area contributed by atoms with Gasteiger partial charge in [-0.3, -0.25) is 4.79 Å². The van der Waals surface area contributed by atoms with Crippen molar-refractivity contribution < 1.29 is 19.0 Å². The topological polar surface area (TPSA) is 56.8 Å². The molecule has 1 amide bonds. The first kappa shape index (κ1) is 21.2. The highest BCUT2D eigenvalue weighted by molar-refractivity contribution is 5.94. The Labute approximate surface area is 177 Å². The van der Waals surface area contributed by atoms with Gasteiger partial charge < -0.3 is 19.5 Å². The van der Waals surface area contributed by atoms with Crippen LogP contribution in [0.25, 0.3) is 0 Å². The summed E-state index contributed by atoms with van der Waals surface area (Å²) in [5, 5.41) is 2.90. The summed E-state index contributed by atoms with van der Waals surface area (Å²) < 4.78 is 17.1. The van der Waals surface area contributed by atoms with Gasteiger partial charge in [0, 0.05) is 5.69 Å². The van der Waals surface area contributed by atoms with Crippen molar-refractivity contribution >= 4 is 11.6 Å². The van der Waals surface area contributed by atoms with Crippen LogP contribution >= 0.6 is 0 Å². The molecule has 30 heavy (non-hydrogen) atoms. The molecule has 0 aliphatic carbocycles. The van der Waals surface area contributed by atoms with Gasteiger partial charge in [-0.2, -0.15) is 0 Å². The Morgan fingerprint density at radius 3 is 2.10 bits per heavy atom. The van der Waals surface area contributed by atoms with Gasteiger partial charge in [0.25, 0.3) is 5.91 Å². The zero-order chi connectivity index (χ0) is 21.2. The highest BCUT2D eigenvalue weighted by Gasteiger charge is 2.18. The average molecular weight is 405 g/mol. The molecule has 1 N–H and O–H groups in total. The number of para-hydroxylation sites is 1. The fourth-order valence-corrected chi connectivity index (χ4v) is 2.87. The van der Waals surface area contributed by atoms with Crippen LogP contribution in [-0.4, -0.2) is 25.2 Å². The van der Waals surface area contributed by atoms with Gasteiger partial charge in [-0.05, 0) is 67.4 Å². The Hall–Kier alpha value is -3.47. The van der Waals surface area contributed by atoms with Crippen molar-refractivity contribution in [3.63, 3.8) is 0 Å². The lowest BCUT2D eigenvalue weighted by atomic mass is 10.2. The Kier molecular flexibility index (Phi) is 7.72. The van der Waals surface area contributed by atoms with E-state index in [0.29, 0.717) is 36.8 Å². The first-order valence-electron chi connectivity index (χ1n) is 10.1. The van der Waals surface area contributed by atoms with Gasteiger partial charge in [0.15, 0.2) is 6.10 Å². The minimum Gasteiger partial charge on any atom is -0.490 e. The molecule has 0 bridgehead atoms. The lowest BCUT2D eigenvalue weighted by Gasteiger charge is -2.17. The SMILES string of the molecule is CC[C@H](Oc1cccc(C)c1)C(=O)Nc1ccc(OCCOc2ccccc2)cc1. The molecule has 0 fully saturated rings. The van der Waals surface area contributed by atoms with E-state index in [9.17, 15) is 4.79 Å². The minimum atomic E-state index is -0.558. The molecule has 156 valence electrons. The predicted octanol–water partition coefficient (Wildman–Crippen LogP) is 5.25. The summed E-state index contributed by atoms with van der Waals surface area (Å²) in [4.78, 5) is 12.6. The highest BCUT2D eigenvalue weighted by Crippen LogP contribution is 2.19. The smallest absolute Gasteiger partial charge is 0.265 e. The van der Waals surface area contributed by atoms with Crippen molar-refractivity contribution in [3.05, 3.63) is 84.4 Å². The normalized spacial score (nSPS) is 11.4. The number of carbonyl (C=O) groups is 1. The van der Waals surface area contributed by atoms with E-state index in [1.54, 1.807) is 0 Å². The summed E-state index contributed by atoms with van der Waals surface area (Å²) in [5.74, 6) is 2.05. The molecule has 3 aromatic carbocycles. The molecule has 0 spiro atoms. The van der Waals surface area contributed by atoms with Crippen molar-refractivity contribution in [2.24, 2.45) is 0 Å². The molecule has 0 aliphatic heterocycles. The fourth-order valence-electron chi connectivity index (χ4n) is 2.87. The van der Waals surface area contributed by atoms with Crippen LogP contribution in [0.15, 0.2) is 78.9 Å².